The number of amides is 1. The highest BCUT2D eigenvalue weighted by Crippen LogP contribution is 2.20. The van der Waals surface area contributed by atoms with Gasteiger partial charge in [-0.25, -0.2) is 0 Å². The molecule has 1 aliphatic heterocycles. The van der Waals surface area contributed by atoms with Gasteiger partial charge in [-0.1, -0.05) is 0 Å². The summed E-state index contributed by atoms with van der Waals surface area (Å²) in [7, 11) is 0. The van der Waals surface area contributed by atoms with E-state index in [1.165, 1.54) is 18.5 Å². The van der Waals surface area contributed by atoms with Gasteiger partial charge >= 0.3 is 0 Å². The highest BCUT2D eigenvalue weighted by molar-refractivity contribution is 5.94. The van der Waals surface area contributed by atoms with E-state index in [9.17, 15) is 4.79 Å². The van der Waals surface area contributed by atoms with Crippen LogP contribution in [-0.4, -0.2) is 37.1 Å². The second-order valence-corrected chi connectivity index (χ2v) is 6.02. The van der Waals surface area contributed by atoms with Gasteiger partial charge in [-0.2, -0.15) is 0 Å². The van der Waals surface area contributed by atoms with Crippen molar-refractivity contribution in [1.29, 1.82) is 0 Å². The average molecular weight is 324 g/mol. The van der Waals surface area contributed by atoms with Crippen molar-refractivity contribution in [3.63, 3.8) is 0 Å². The number of benzene rings is 1. The first-order chi connectivity index (χ1) is 11.8. The fraction of sp³-hybridized carbons (Fsp3) is 0.368. The lowest BCUT2D eigenvalue weighted by Gasteiger charge is -2.17. The minimum atomic E-state index is -0.00986. The molecule has 1 aromatic carbocycles. The molecule has 2 N–H and O–H groups in total. The van der Waals surface area contributed by atoms with E-state index in [4.69, 9.17) is 0 Å². The fourth-order valence-corrected chi connectivity index (χ4v) is 2.89. The zero-order chi connectivity index (χ0) is 16.6. The molecule has 0 unspecified atom stereocenters. The van der Waals surface area contributed by atoms with E-state index in [-0.39, 0.29) is 5.91 Å². The molecule has 1 aromatic heterocycles. The van der Waals surface area contributed by atoms with E-state index in [2.05, 4.69) is 20.5 Å². The molecule has 2 heterocycles. The van der Waals surface area contributed by atoms with Gasteiger partial charge in [0.15, 0.2) is 0 Å². The molecule has 5 heteroatoms. The van der Waals surface area contributed by atoms with Crippen molar-refractivity contribution in [1.82, 2.24) is 10.3 Å². The first-order valence-electron chi connectivity index (χ1n) is 8.60. The predicted octanol–water partition coefficient (Wildman–Crippen LogP) is 2.91. The van der Waals surface area contributed by atoms with Gasteiger partial charge in [0, 0.05) is 49.8 Å². The molecule has 126 valence electrons. The van der Waals surface area contributed by atoms with E-state index in [1.54, 1.807) is 12.4 Å². The lowest BCUT2D eigenvalue weighted by Crippen LogP contribution is -2.26. The van der Waals surface area contributed by atoms with Crippen LogP contribution in [0.2, 0.25) is 0 Å². The van der Waals surface area contributed by atoms with Gasteiger partial charge < -0.3 is 15.5 Å². The molecule has 0 aliphatic carbocycles. The zero-order valence-corrected chi connectivity index (χ0v) is 13.9. The van der Waals surface area contributed by atoms with Crippen molar-refractivity contribution in [2.24, 2.45) is 0 Å². The van der Waals surface area contributed by atoms with Gasteiger partial charge in [-0.05, 0) is 55.7 Å². The van der Waals surface area contributed by atoms with E-state index in [0.717, 1.165) is 37.3 Å². The van der Waals surface area contributed by atoms with Crippen LogP contribution in [0.5, 0.6) is 0 Å². The number of anilines is 2. The predicted molar refractivity (Wildman–Crippen MR) is 97.6 cm³/mol. The maximum absolute atomic E-state index is 12.2. The number of rotatable bonds is 7. The molecule has 1 fully saturated rings. The molecule has 2 aromatic rings. The Labute approximate surface area is 143 Å². The van der Waals surface area contributed by atoms with Gasteiger partial charge in [0.1, 0.15) is 0 Å². The molecule has 24 heavy (non-hydrogen) atoms. The molecule has 0 atom stereocenters. The number of carbonyl (C=O) groups is 1. The lowest BCUT2D eigenvalue weighted by atomic mass is 10.2. The van der Waals surface area contributed by atoms with Crippen molar-refractivity contribution < 1.29 is 4.79 Å². The third-order valence-electron chi connectivity index (χ3n) is 4.23. The molecule has 3 rings (SSSR count). The SMILES string of the molecule is O=C(NCCCNc1cccnc1)c1ccc(N2CCCC2)cc1. The van der Waals surface area contributed by atoms with Gasteiger partial charge in [-0.15, -0.1) is 0 Å². The Morgan fingerprint density at radius 3 is 2.58 bits per heavy atom. The van der Waals surface area contributed by atoms with Crippen LogP contribution in [0.1, 0.15) is 29.6 Å². The Kier molecular flexibility index (Phi) is 5.66. The van der Waals surface area contributed by atoms with Crippen molar-refractivity contribution in [2.75, 3.05) is 36.4 Å². The van der Waals surface area contributed by atoms with Crippen LogP contribution in [0, 0.1) is 0 Å². The Morgan fingerprint density at radius 2 is 1.88 bits per heavy atom. The normalized spacial score (nSPS) is 13.8. The average Bonchev–Trinajstić information content (AvgIpc) is 3.17. The standard InChI is InChI=1S/C19H24N4O/c24-19(22-12-4-11-21-17-5-3-10-20-15-17)16-6-8-18(9-7-16)23-13-1-2-14-23/h3,5-10,15,21H,1-2,4,11-14H2,(H,22,24). The van der Waals surface area contributed by atoms with Crippen LogP contribution in [0.25, 0.3) is 0 Å². The second kappa shape index (κ2) is 8.34. The van der Waals surface area contributed by atoms with E-state index in [0.29, 0.717) is 6.54 Å². The summed E-state index contributed by atoms with van der Waals surface area (Å²) >= 11 is 0. The lowest BCUT2D eigenvalue weighted by molar-refractivity contribution is 0.0953. The summed E-state index contributed by atoms with van der Waals surface area (Å²) in [5, 5.41) is 6.24. The summed E-state index contributed by atoms with van der Waals surface area (Å²) in [6.07, 6.45) is 6.93. The van der Waals surface area contributed by atoms with E-state index in [1.807, 2.05) is 36.4 Å². The Bertz CT molecular complexity index is 636. The van der Waals surface area contributed by atoms with Crippen LogP contribution in [-0.2, 0) is 0 Å². The van der Waals surface area contributed by atoms with Crippen LogP contribution >= 0.6 is 0 Å². The maximum atomic E-state index is 12.2. The fourth-order valence-electron chi connectivity index (χ4n) is 2.89. The number of hydrogen-bond acceptors (Lipinski definition) is 4. The molecule has 0 saturated carbocycles. The van der Waals surface area contributed by atoms with Crippen LogP contribution < -0.4 is 15.5 Å². The maximum Gasteiger partial charge on any atom is 0.251 e. The molecule has 0 bridgehead atoms. The van der Waals surface area contributed by atoms with Gasteiger partial charge in [-0.3, -0.25) is 9.78 Å². The molecular formula is C19H24N4O. The monoisotopic (exact) mass is 324 g/mol. The minimum Gasteiger partial charge on any atom is -0.384 e. The van der Waals surface area contributed by atoms with E-state index < -0.39 is 0 Å². The van der Waals surface area contributed by atoms with Crippen LogP contribution in [0.4, 0.5) is 11.4 Å². The number of carbonyl (C=O) groups excluding carboxylic acids is 1. The Balaban J connectivity index is 1.38. The van der Waals surface area contributed by atoms with Gasteiger partial charge in [0.2, 0.25) is 0 Å². The number of aromatic nitrogens is 1. The Hall–Kier alpha value is -2.56. The molecule has 1 aliphatic rings. The molecule has 0 spiro atoms. The molecular weight excluding hydrogens is 300 g/mol. The van der Waals surface area contributed by atoms with Crippen LogP contribution in [0.15, 0.2) is 48.8 Å². The summed E-state index contributed by atoms with van der Waals surface area (Å²) in [4.78, 5) is 18.6. The number of hydrogen-bond donors (Lipinski definition) is 2. The highest BCUT2D eigenvalue weighted by atomic mass is 16.1. The third-order valence-corrected chi connectivity index (χ3v) is 4.23. The Morgan fingerprint density at radius 1 is 1.08 bits per heavy atom. The summed E-state index contributed by atoms with van der Waals surface area (Å²) in [5.41, 5.74) is 2.93. The number of pyridine rings is 1. The van der Waals surface area contributed by atoms with Crippen LogP contribution in [0.3, 0.4) is 0 Å². The smallest absolute Gasteiger partial charge is 0.251 e. The molecule has 5 nitrogen and oxygen atoms in total. The van der Waals surface area contributed by atoms with Crippen molar-refractivity contribution >= 4 is 17.3 Å². The molecule has 1 saturated heterocycles. The quantitative estimate of drug-likeness (QED) is 0.769. The largest absolute Gasteiger partial charge is 0.384 e. The first-order valence-corrected chi connectivity index (χ1v) is 8.60. The zero-order valence-electron chi connectivity index (χ0n) is 13.9. The van der Waals surface area contributed by atoms with Gasteiger partial charge in [0.25, 0.3) is 5.91 Å². The van der Waals surface area contributed by atoms with Crippen molar-refractivity contribution in [3.8, 4) is 0 Å². The van der Waals surface area contributed by atoms with Crippen molar-refractivity contribution in [3.05, 3.63) is 54.4 Å². The minimum absolute atomic E-state index is 0.00986. The summed E-state index contributed by atoms with van der Waals surface area (Å²) in [5.74, 6) is -0.00986. The summed E-state index contributed by atoms with van der Waals surface area (Å²) in [6.45, 7) is 3.70. The molecule has 1 amide bonds. The summed E-state index contributed by atoms with van der Waals surface area (Å²) < 4.78 is 0. The second-order valence-electron chi connectivity index (χ2n) is 6.02. The third kappa shape index (κ3) is 4.47. The van der Waals surface area contributed by atoms with Crippen molar-refractivity contribution in [2.45, 2.75) is 19.3 Å². The first kappa shape index (κ1) is 16.3. The highest BCUT2D eigenvalue weighted by Gasteiger charge is 2.12. The molecule has 0 radical (unpaired) electrons. The summed E-state index contributed by atoms with van der Waals surface area (Å²) in [6, 6.07) is 11.8. The van der Waals surface area contributed by atoms with Gasteiger partial charge in [0.05, 0.1) is 5.69 Å². The topological polar surface area (TPSA) is 57.3 Å². The number of nitrogens with one attached hydrogen (secondary N) is 2. The van der Waals surface area contributed by atoms with E-state index >= 15 is 0 Å². The number of nitrogens with zero attached hydrogens (tertiary/aromatic N) is 2.